The van der Waals surface area contributed by atoms with Crippen LogP contribution in [0.2, 0.25) is 0 Å². The Morgan fingerprint density at radius 3 is 2.53 bits per heavy atom. The number of nitrogens with one attached hydrogen (secondary N) is 1. The fraction of sp³-hybridized carbons (Fsp3) is 0.0714. The summed E-state index contributed by atoms with van der Waals surface area (Å²) in [6.07, 6.45) is 0. The number of hydrogen-bond donors (Lipinski definition) is 1. The molecule has 1 N–H and O–H groups in total. The maximum atomic E-state index is 5.25. The maximum absolute atomic E-state index is 5.25. The lowest BCUT2D eigenvalue weighted by atomic mass is 10.2. The van der Waals surface area contributed by atoms with Gasteiger partial charge < -0.3 is 9.72 Å². The Balaban J connectivity index is 2.16. The van der Waals surface area contributed by atoms with Crippen LogP contribution in [-0.4, -0.2) is 17.1 Å². The molecule has 2 aromatic carbocycles. The zero-order chi connectivity index (χ0) is 13.4. The van der Waals surface area contributed by atoms with Gasteiger partial charge in [0.1, 0.15) is 17.1 Å². The highest BCUT2D eigenvalue weighted by molar-refractivity contribution is 9.11. The van der Waals surface area contributed by atoms with Crippen LogP contribution in [0.5, 0.6) is 5.75 Å². The van der Waals surface area contributed by atoms with Gasteiger partial charge in [-0.25, -0.2) is 4.98 Å². The van der Waals surface area contributed by atoms with Crippen LogP contribution in [0, 0.1) is 0 Å². The Morgan fingerprint density at radius 1 is 1.11 bits per heavy atom. The third-order valence-corrected chi connectivity index (χ3v) is 4.00. The number of hydrogen-bond acceptors (Lipinski definition) is 2. The summed E-state index contributed by atoms with van der Waals surface area (Å²) in [5, 5.41) is 0. The van der Waals surface area contributed by atoms with Gasteiger partial charge in [0, 0.05) is 20.6 Å². The van der Waals surface area contributed by atoms with Crippen molar-refractivity contribution in [3.05, 3.63) is 45.3 Å². The molecule has 0 saturated carbocycles. The van der Waals surface area contributed by atoms with Gasteiger partial charge in [0.2, 0.25) is 0 Å². The van der Waals surface area contributed by atoms with E-state index in [0.717, 1.165) is 37.1 Å². The Bertz CT molecular complexity index is 735. The minimum atomic E-state index is 0.797. The number of fused-ring (bicyclic) bond motifs is 1. The standard InChI is InChI=1S/C14H10Br2N2O/c1-19-10-6-11(16)13-12(7-10)17-14(18-13)8-2-4-9(15)5-3-8/h2-7H,1H3,(H,17,18). The number of imidazole rings is 1. The van der Waals surface area contributed by atoms with Gasteiger partial charge in [-0.05, 0) is 34.1 Å². The molecule has 0 bridgehead atoms. The predicted molar refractivity (Wildman–Crippen MR) is 83.5 cm³/mol. The second kappa shape index (κ2) is 4.98. The van der Waals surface area contributed by atoms with Crippen molar-refractivity contribution in [2.24, 2.45) is 0 Å². The van der Waals surface area contributed by atoms with E-state index >= 15 is 0 Å². The van der Waals surface area contributed by atoms with Crippen molar-refractivity contribution >= 4 is 42.9 Å². The molecule has 1 heterocycles. The molecule has 0 atom stereocenters. The molecular weight excluding hydrogens is 372 g/mol. The number of aromatic nitrogens is 2. The van der Waals surface area contributed by atoms with Crippen molar-refractivity contribution in [1.82, 2.24) is 9.97 Å². The van der Waals surface area contributed by atoms with Crippen LogP contribution < -0.4 is 4.74 Å². The number of methoxy groups -OCH3 is 1. The summed E-state index contributed by atoms with van der Waals surface area (Å²) in [6, 6.07) is 11.9. The molecule has 0 amide bonds. The second-order valence-corrected chi connectivity index (χ2v) is 5.87. The van der Waals surface area contributed by atoms with Crippen molar-refractivity contribution in [1.29, 1.82) is 0 Å². The van der Waals surface area contributed by atoms with Crippen LogP contribution in [0.3, 0.4) is 0 Å². The Labute approximate surface area is 127 Å². The summed E-state index contributed by atoms with van der Waals surface area (Å²) in [5.41, 5.74) is 2.90. The number of halogens is 2. The first-order chi connectivity index (χ1) is 9.17. The van der Waals surface area contributed by atoms with Gasteiger partial charge in [-0.15, -0.1) is 0 Å². The van der Waals surface area contributed by atoms with Crippen LogP contribution in [0.15, 0.2) is 45.3 Å². The molecule has 0 aliphatic heterocycles. The third kappa shape index (κ3) is 2.40. The van der Waals surface area contributed by atoms with Gasteiger partial charge in [0.15, 0.2) is 0 Å². The first-order valence-corrected chi connectivity index (χ1v) is 7.25. The monoisotopic (exact) mass is 380 g/mol. The molecule has 0 radical (unpaired) electrons. The molecule has 19 heavy (non-hydrogen) atoms. The van der Waals surface area contributed by atoms with Gasteiger partial charge in [0.05, 0.1) is 12.6 Å². The number of H-pyrrole nitrogens is 1. The van der Waals surface area contributed by atoms with Crippen molar-refractivity contribution in [3.8, 4) is 17.1 Å². The van der Waals surface area contributed by atoms with E-state index in [-0.39, 0.29) is 0 Å². The van der Waals surface area contributed by atoms with Gasteiger partial charge in [0.25, 0.3) is 0 Å². The van der Waals surface area contributed by atoms with E-state index in [1.165, 1.54) is 0 Å². The molecule has 0 spiro atoms. The predicted octanol–water partition coefficient (Wildman–Crippen LogP) is 4.76. The highest BCUT2D eigenvalue weighted by Gasteiger charge is 2.09. The molecule has 0 saturated heterocycles. The number of aromatic amines is 1. The second-order valence-electron chi connectivity index (χ2n) is 4.10. The topological polar surface area (TPSA) is 37.9 Å². The zero-order valence-corrected chi connectivity index (χ0v) is 13.2. The van der Waals surface area contributed by atoms with Crippen molar-refractivity contribution in [2.75, 3.05) is 7.11 Å². The number of ether oxygens (including phenoxy) is 1. The fourth-order valence-electron chi connectivity index (χ4n) is 1.91. The van der Waals surface area contributed by atoms with Gasteiger partial charge in [-0.3, -0.25) is 0 Å². The summed E-state index contributed by atoms with van der Waals surface area (Å²) in [7, 11) is 1.65. The maximum Gasteiger partial charge on any atom is 0.138 e. The fourth-order valence-corrected chi connectivity index (χ4v) is 2.70. The normalized spacial score (nSPS) is 10.9. The quantitative estimate of drug-likeness (QED) is 0.694. The van der Waals surface area contributed by atoms with E-state index in [0.29, 0.717) is 0 Å². The third-order valence-electron chi connectivity index (χ3n) is 2.87. The van der Waals surface area contributed by atoms with Gasteiger partial charge in [-0.2, -0.15) is 0 Å². The lowest BCUT2D eigenvalue weighted by molar-refractivity contribution is 0.415. The smallest absolute Gasteiger partial charge is 0.138 e. The molecule has 0 unspecified atom stereocenters. The summed E-state index contributed by atoms with van der Waals surface area (Å²) < 4.78 is 7.22. The van der Waals surface area contributed by atoms with Crippen LogP contribution in [-0.2, 0) is 0 Å². The summed E-state index contributed by atoms with van der Waals surface area (Å²) >= 11 is 6.94. The Hall–Kier alpha value is -1.33. The summed E-state index contributed by atoms with van der Waals surface area (Å²) in [4.78, 5) is 7.92. The highest BCUT2D eigenvalue weighted by Crippen LogP contribution is 2.30. The van der Waals surface area contributed by atoms with E-state index in [4.69, 9.17) is 4.74 Å². The minimum absolute atomic E-state index is 0.797. The molecule has 0 fully saturated rings. The molecule has 96 valence electrons. The van der Waals surface area contributed by atoms with Gasteiger partial charge in [-0.1, -0.05) is 28.1 Å². The van der Waals surface area contributed by atoms with Crippen molar-refractivity contribution in [2.45, 2.75) is 0 Å². The molecule has 3 aromatic rings. The van der Waals surface area contributed by atoms with Crippen molar-refractivity contribution < 1.29 is 4.74 Å². The van der Waals surface area contributed by atoms with Crippen molar-refractivity contribution in [3.63, 3.8) is 0 Å². The van der Waals surface area contributed by atoms with Crippen LogP contribution in [0.1, 0.15) is 0 Å². The Morgan fingerprint density at radius 2 is 1.84 bits per heavy atom. The first-order valence-electron chi connectivity index (χ1n) is 5.66. The van der Waals surface area contributed by atoms with E-state index in [2.05, 4.69) is 41.8 Å². The molecule has 5 heteroatoms. The van der Waals surface area contributed by atoms with E-state index in [9.17, 15) is 0 Å². The molecule has 0 aliphatic rings. The van der Waals surface area contributed by atoms with E-state index in [1.807, 2.05) is 36.4 Å². The molecule has 3 rings (SSSR count). The minimum Gasteiger partial charge on any atom is -0.497 e. The molecule has 1 aromatic heterocycles. The Kier molecular flexibility index (Phi) is 3.33. The SMILES string of the molecule is COc1cc(Br)c2nc(-c3ccc(Br)cc3)[nH]c2c1. The van der Waals surface area contributed by atoms with Crippen LogP contribution >= 0.6 is 31.9 Å². The van der Waals surface area contributed by atoms with E-state index < -0.39 is 0 Å². The van der Waals surface area contributed by atoms with Crippen LogP contribution in [0.25, 0.3) is 22.4 Å². The molecular formula is C14H10Br2N2O. The summed E-state index contributed by atoms with van der Waals surface area (Å²) in [6.45, 7) is 0. The number of nitrogens with zero attached hydrogens (tertiary/aromatic N) is 1. The summed E-state index contributed by atoms with van der Waals surface area (Å²) in [5.74, 6) is 1.64. The number of benzene rings is 2. The highest BCUT2D eigenvalue weighted by atomic mass is 79.9. The number of rotatable bonds is 2. The molecule has 0 aliphatic carbocycles. The first kappa shape index (κ1) is 12.7. The van der Waals surface area contributed by atoms with Crippen LogP contribution in [0.4, 0.5) is 0 Å². The van der Waals surface area contributed by atoms with Gasteiger partial charge >= 0.3 is 0 Å². The lowest BCUT2D eigenvalue weighted by Gasteiger charge is -1.99. The average Bonchev–Trinajstić information content (AvgIpc) is 2.84. The van der Waals surface area contributed by atoms with E-state index in [1.54, 1.807) is 7.11 Å². The molecule has 3 nitrogen and oxygen atoms in total. The average molecular weight is 382 g/mol. The lowest BCUT2D eigenvalue weighted by Crippen LogP contribution is -1.82. The zero-order valence-electron chi connectivity index (χ0n) is 10.1. The largest absolute Gasteiger partial charge is 0.497 e.